The molecule has 0 radical (unpaired) electrons. The summed E-state index contributed by atoms with van der Waals surface area (Å²) in [6, 6.07) is 0. The highest BCUT2D eigenvalue weighted by Gasteiger charge is 2.55. The highest BCUT2D eigenvalue weighted by Crippen LogP contribution is 2.39. The molecule has 1 fully saturated rings. The van der Waals surface area contributed by atoms with E-state index in [0.717, 1.165) is 6.42 Å². The Morgan fingerprint density at radius 2 is 1.48 bits per heavy atom. The first kappa shape index (κ1) is 22.6. The van der Waals surface area contributed by atoms with Crippen LogP contribution in [0.4, 0.5) is 0 Å². The van der Waals surface area contributed by atoms with Gasteiger partial charge in [0.25, 0.3) is 0 Å². The number of carbonyl (C=O) groups excluding carboxylic acids is 1. The van der Waals surface area contributed by atoms with E-state index < -0.39 is 11.2 Å². The molecule has 1 rings (SSSR count). The third-order valence-electron chi connectivity index (χ3n) is 4.21. The lowest BCUT2D eigenvalue weighted by molar-refractivity contribution is -0.133. The Hall–Kier alpha value is -0.400. The number of halogens is 1. The molecule has 0 N–H and O–H groups in total. The van der Waals surface area contributed by atoms with Crippen LogP contribution in [0, 0.1) is 0 Å². The molecule has 148 valence electrons. The molecule has 0 unspecified atom stereocenters. The SMILES string of the molecule is CC(C)(C)OCCOCCOCCCN1C(=O)C(C)(C)N(Cl)C1(C)C. The lowest BCUT2D eigenvalue weighted by atomic mass is 10.1. The second-order valence-electron chi connectivity index (χ2n) is 8.33. The highest BCUT2D eigenvalue weighted by molar-refractivity contribution is 6.17. The number of rotatable bonds is 10. The van der Waals surface area contributed by atoms with Gasteiger partial charge in [-0.15, -0.1) is 0 Å². The van der Waals surface area contributed by atoms with Crippen LogP contribution in [0.3, 0.4) is 0 Å². The second kappa shape index (κ2) is 9.00. The van der Waals surface area contributed by atoms with Gasteiger partial charge in [-0.1, -0.05) is 0 Å². The third kappa shape index (κ3) is 6.36. The number of hydrogen-bond acceptors (Lipinski definition) is 5. The van der Waals surface area contributed by atoms with Gasteiger partial charge in [0, 0.05) is 13.2 Å². The van der Waals surface area contributed by atoms with Crippen molar-refractivity contribution in [2.75, 3.05) is 39.6 Å². The van der Waals surface area contributed by atoms with E-state index in [1.54, 1.807) is 4.42 Å². The fourth-order valence-corrected chi connectivity index (χ4v) is 3.04. The summed E-state index contributed by atoms with van der Waals surface area (Å²) in [6.07, 6.45) is 0.767. The number of amides is 1. The summed E-state index contributed by atoms with van der Waals surface area (Å²) in [5, 5.41) is 0. The predicted octanol–water partition coefficient (Wildman–Crippen LogP) is 3.04. The van der Waals surface area contributed by atoms with Gasteiger partial charge in [-0.25, -0.2) is 0 Å². The monoisotopic (exact) mass is 378 g/mol. The first-order valence-electron chi connectivity index (χ1n) is 8.98. The van der Waals surface area contributed by atoms with Crippen LogP contribution in [0.2, 0.25) is 0 Å². The number of ether oxygens (including phenoxy) is 3. The van der Waals surface area contributed by atoms with Crippen molar-refractivity contribution in [1.82, 2.24) is 9.32 Å². The Labute approximate surface area is 157 Å². The van der Waals surface area contributed by atoms with Gasteiger partial charge >= 0.3 is 0 Å². The van der Waals surface area contributed by atoms with Gasteiger partial charge in [0.15, 0.2) is 0 Å². The molecule has 1 heterocycles. The molecule has 0 aliphatic carbocycles. The van der Waals surface area contributed by atoms with Crippen molar-refractivity contribution in [3.63, 3.8) is 0 Å². The quantitative estimate of drug-likeness (QED) is 0.432. The minimum atomic E-state index is -0.686. The largest absolute Gasteiger partial charge is 0.379 e. The fraction of sp³-hybridized carbons (Fsp3) is 0.944. The molecule has 6 nitrogen and oxygen atoms in total. The molecule has 0 saturated carbocycles. The molecular weight excluding hydrogens is 344 g/mol. The molecule has 0 aromatic rings. The Kier molecular flexibility index (Phi) is 8.15. The van der Waals surface area contributed by atoms with Crippen molar-refractivity contribution in [2.24, 2.45) is 0 Å². The zero-order valence-corrected chi connectivity index (χ0v) is 17.6. The van der Waals surface area contributed by atoms with E-state index in [0.29, 0.717) is 39.6 Å². The van der Waals surface area contributed by atoms with Crippen LogP contribution in [0.1, 0.15) is 54.9 Å². The number of carbonyl (C=O) groups is 1. The van der Waals surface area contributed by atoms with Crippen LogP contribution in [0.25, 0.3) is 0 Å². The van der Waals surface area contributed by atoms with Crippen molar-refractivity contribution in [2.45, 2.75) is 71.7 Å². The highest BCUT2D eigenvalue weighted by atomic mass is 35.5. The molecule has 1 aliphatic rings. The number of hydrogen-bond donors (Lipinski definition) is 0. The minimum Gasteiger partial charge on any atom is -0.379 e. The fourth-order valence-electron chi connectivity index (χ4n) is 2.88. The van der Waals surface area contributed by atoms with Crippen molar-refractivity contribution in [3.05, 3.63) is 0 Å². The van der Waals surface area contributed by atoms with Gasteiger partial charge in [0.2, 0.25) is 5.91 Å². The van der Waals surface area contributed by atoms with E-state index in [4.69, 9.17) is 26.0 Å². The second-order valence-corrected chi connectivity index (χ2v) is 8.67. The summed E-state index contributed by atoms with van der Waals surface area (Å²) in [4.78, 5) is 14.3. The van der Waals surface area contributed by atoms with Gasteiger partial charge in [-0.3, -0.25) is 4.79 Å². The minimum absolute atomic E-state index is 0.0506. The summed E-state index contributed by atoms with van der Waals surface area (Å²) in [6.45, 7) is 17.1. The van der Waals surface area contributed by atoms with E-state index in [1.807, 2.05) is 53.4 Å². The van der Waals surface area contributed by atoms with Gasteiger partial charge < -0.3 is 19.1 Å². The first-order chi connectivity index (χ1) is 11.4. The molecule has 0 spiro atoms. The lowest BCUT2D eigenvalue weighted by Crippen LogP contribution is -2.47. The van der Waals surface area contributed by atoms with E-state index >= 15 is 0 Å². The summed E-state index contributed by atoms with van der Waals surface area (Å²) in [5.41, 5.74) is -1.32. The maximum absolute atomic E-state index is 12.5. The number of nitrogens with zero attached hydrogens (tertiary/aromatic N) is 2. The van der Waals surface area contributed by atoms with Crippen molar-refractivity contribution in [3.8, 4) is 0 Å². The lowest BCUT2D eigenvalue weighted by Gasteiger charge is -2.35. The van der Waals surface area contributed by atoms with Crippen LogP contribution < -0.4 is 0 Å². The van der Waals surface area contributed by atoms with Crippen LogP contribution in [0.5, 0.6) is 0 Å². The molecule has 7 heteroatoms. The molecule has 1 amide bonds. The molecular formula is C18H35ClN2O4. The smallest absolute Gasteiger partial charge is 0.245 e. The Balaban J connectivity index is 2.13. The third-order valence-corrected chi connectivity index (χ3v) is 5.04. The van der Waals surface area contributed by atoms with Gasteiger partial charge in [-0.05, 0) is 66.7 Å². The van der Waals surface area contributed by atoms with E-state index in [-0.39, 0.29) is 11.5 Å². The molecule has 1 saturated heterocycles. The van der Waals surface area contributed by atoms with Crippen LogP contribution in [-0.2, 0) is 19.0 Å². The van der Waals surface area contributed by atoms with Gasteiger partial charge in [0.1, 0.15) is 11.2 Å². The summed E-state index contributed by atoms with van der Waals surface area (Å²) < 4.78 is 18.2. The average Bonchev–Trinajstić information content (AvgIpc) is 2.59. The standard InChI is InChI=1S/C18H35ClN2O4/c1-16(2,3)25-14-13-24-12-11-23-10-8-9-20-15(22)17(4,5)21(19)18(20,6)7/h8-14H2,1-7H3. The normalized spacial score (nSPS) is 20.5. The Morgan fingerprint density at radius 1 is 0.960 bits per heavy atom. The zero-order chi connectivity index (χ0) is 19.3. The zero-order valence-electron chi connectivity index (χ0n) is 16.9. The van der Waals surface area contributed by atoms with Crippen LogP contribution in [0.15, 0.2) is 0 Å². The van der Waals surface area contributed by atoms with Crippen molar-refractivity contribution < 1.29 is 19.0 Å². The Bertz CT molecular complexity index is 435. The van der Waals surface area contributed by atoms with E-state index in [1.165, 1.54) is 0 Å². The molecule has 1 aliphatic heterocycles. The maximum Gasteiger partial charge on any atom is 0.245 e. The van der Waals surface area contributed by atoms with Crippen LogP contribution in [-0.4, -0.2) is 71.6 Å². The first-order valence-corrected chi connectivity index (χ1v) is 9.32. The average molecular weight is 379 g/mol. The van der Waals surface area contributed by atoms with Gasteiger partial charge in [-0.2, -0.15) is 4.42 Å². The maximum atomic E-state index is 12.5. The molecule has 0 aromatic heterocycles. The summed E-state index contributed by atoms with van der Waals surface area (Å²) in [7, 11) is 0. The van der Waals surface area contributed by atoms with Crippen molar-refractivity contribution >= 4 is 17.7 Å². The van der Waals surface area contributed by atoms with E-state index in [9.17, 15) is 4.79 Å². The summed E-state index contributed by atoms with van der Waals surface area (Å²) in [5.74, 6) is 0.0506. The van der Waals surface area contributed by atoms with Crippen molar-refractivity contribution in [1.29, 1.82) is 0 Å². The van der Waals surface area contributed by atoms with Crippen LogP contribution >= 0.6 is 11.8 Å². The molecule has 0 atom stereocenters. The summed E-state index contributed by atoms with van der Waals surface area (Å²) >= 11 is 6.35. The predicted molar refractivity (Wildman–Crippen MR) is 99.5 cm³/mol. The van der Waals surface area contributed by atoms with Gasteiger partial charge in [0.05, 0.1) is 32.0 Å². The van der Waals surface area contributed by atoms with E-state index in [2.05, 4.69) is 0 Å². The topological polar surface area (TPSA) is 51.2 Å². The molecule has 0 aromatic carbocycles. The molecule has 25 heavy (non-hydrogen) atoms. The molecule has 0 bridgehead atoms. The Morgan fingerprint density at radius 3 is 1.96 bits per heavy atom.